The van der Waals surface area contributed by atoms with E-state index in [0.29, 0.717) is 77.9 Å². The van der Waals surface area contributed by atoms with Gasteiger partial charge in [0.15, 0.2) is 33.6 Å². The topological polar surface area (TPSA) is 232 Å². The summed E-state index contributed by atoms with van der Waals surface area (Å²) in [6, 6.07) is 55.5. The molecule has 1 aliphatic rings. The Kier molecular flexibility index (Phi) is 23.5. The van der Waals surface area contributed by atoms with Crippen LogP contribution in [0, 0.1) is 13.8 Å². The molecule has 0 fully saturated rings. The molecule has 0 radical (unpaired) electrons. The summed E-state index contributed by atoms with van der Waals surface area (Å²) in [5.41, 5.74) is 13.2. The number of aliphatic hydroxyl groups is 4. The van der Waals surface area contributed by atoms with Gasteiger partial charge in [-0.2, -0.15) is 0 Å². The minimum Gasteiger partial charge on any atom is -0.497 e. The van der Waals surface area contributed by atoms with Gasteiger partial charge in [-0.3, -0.25) is 0 Å². The van der Waals surface area contributed by atoms with Gasteiger partial charge in [-0.1, -0.05) is 99.2 Å². The molecule has 0 saturated carbocycles. The average molecular weight is 1500 g/mol. The van der Waals surface area contributed by atoms with Crippen molar-refractivity contribution in [2.45, 2.75) is 111 Å². The molecule has 0 heterocycles. The molecule has 10 aromatic carbocycles. The first-order valence-corrected chi connectivity index (χ1v) is 39.4. The Labute approximate surface area is 627 Å². The van der Waals surface area contributed by atoms with Crippen molar-refractivity contribution in [3.8, 4) is 57.5 Å². The predicted octanol–water partition coefficient (Wildman–Crippen LogP) is 14.7. The molecule has 0 aliphatic heterocycles. The highest BCUT2D eigenvalue weighted by atomic mass is 32.2. The lowest BCUT2D eigenvalue weighted by Gasteiger charge is -2.36. The molecule has 10 aromatic rings. The Balaban J connectivity index is 1.22. The molecule has 554 valence electrons. The normalized spacial score (nSPS) is 13.0. The lowest BCUT2D eigenvalue weighted by Crippen LogP contribution is -2.40. The number of ether oxygens (including phenoxy) is 9. The summed E-state index contributed by atoms with van der Waals surface area (Å²) in [4.78, 5) is 0.345. The highest BCUT2D eigenvalue weighted by Crippen LogP contribution is 2.67. The lowest BCUT2D eigenvalue weighted by atomic mass is 9.76. The summed E-state index contributed by atoms with van der Waals surface area (Å²) in [5, 5.41) is 49.8. The van der Waals surface area contributed by atoms with E-state index < -0.39 is 64.2 Å². The van der Waals surface area contributed by atoms with Gasteiger partial charge < -0.3 is 63.1 Å². The highest BCUT2D eigenvalue weighted by Gasteiger charge is 2.57. The zero-order chi connectivity index (χ0) is 76.8. The van der Waals surface area contributed by atoms with Crippen molar-refractivity contribution in [3.63, 3.8) is 0 Å². The monoisotopic (exact) mass is 1500 g/mol. The van der Waals surface area contributed by atoms with Crippen LogP contribution in [0.1, 0.15) is 88.9 Å². The number of aliphatic hydroxyl groups excluding tert-OH is 4. The van der Waals surface area contributed by atoms with E-state index in [-0.39, 0.29) is 78.0 Å². The SMILES string of the molecule is COc1ccc(C(C)(C)C2=C=C=C(Oc3ccc(S(=O)(=O)c4ccc(C)cc4)cc3)C(Cc3c(OC)cc(OC)c([P+](Cc4cc(C(C)(C)c5ccc(OC)cc5)ccc4Oc4ccc(S(=O)(=O)c5ccc(C)cc5)cc4)(c4c(CO)cc(OC)cc4CO)c4c(OC)cc(CO)cc4OC)c3CO)=C2)cc1. The van der Waals surface area contributed by atoms with Crippen molar-refractivity contribution in [2.75, 3.05) is 49.8 Å². The number of allylic oxidation sites excluding steroid dienone is 3. The summed E-state index contributed by atoms with van der Waals surface area (Å²) in [6.45, 7) is 9.64. The van der Waals surface area contributed by atoms with Crippen molar-refractivity contribution < 1.29 is 79.9 Å². The third-order valence-electron chi connectivity index (χ3n) is 19.9. The zero-order valence-corrected chi connectivity index (χ0v) is 64.7. The molecule has 4 N–H and O–H groups in total. The van der Waals surface area contributed by atoms with Gasteiger partial charge in [-0.15, -0.1) is 0 Å². The Morgan fingerprint density at radius 1 is 0.374 bits per heavy atom. The van der Waals surface area contributed by atoms with Crippen LogP contribution in [-0.2, 0) is 69.5 Å². The summed E-state index contributed by atoms with van der Waals surface area (Å²) >= 11 is 0. The number of rotatable bonds is 30. The number of methoxy groups -OCH3 is 7. The summed E-state index contributed by atoms with van der Waals surface area (Å²) < 4.78 is 114. The number of sulfone groups is 2. The summed E-state index contributed by atoms with van der Waals surface area (Å²) in [5.74, 6) is 3.55. The number of aryl methyl sites for hydroxylation is 2. The zero-order valence-electron chi connectivity index (χ0n) is 62.2. The van der Waals surface area contributed by atoms with Crippen molar-refractivity contribution >= 4 is 42.9 Å². The van der Waals surface area contributed by atoms with Gasteiger partial charge in [0.2, 0.25) is 19.7 Å². The number of hydrogen-bond acceptors (Lipinski definition) is 17. The maximum Gasteiger partial charge on any atom is 0.206 e. The van der Waals surface area contributed by atoms with Crippen LogP contribution in [0.25, 0.3) is 0 Å². The first kappa shape index (κ1) is 77.7. The van der Waals surface area contributed by atoms with Gasteiger partial charge >= 0.3 is 0 Å². The Hall–Kier alpha value is -10.4. The van der Waals surface area contributed by atoms with Gasteiger partial charge in [0.05, 0.1) is 95.8 Å². The van der Waals surface area contributed by atoms with E-state index in [9.17, 15) is 37.3 Å². The highest BCUT2D eigenvalue weighted by molar-refractivity contribution is 7.95. The van der Waals surface area contributed by atoms with Gasteiger partial charge in [-0.25, -0.2) is 16.8 Å². The lowest BCUT2D eigenvalue weighted by molar-refractivity contribution is 0.276. The third-order valence-corrected chi connectivity index (χ3v) is 28.1. The minimum absolute atomic E-state index is 0.0377. The van der Waals surface area contributed by atoms with E-state index in [2.05, 4.69) is 39.2 Å². The van der Waals surface area contributed by atoms with E-state index in [0.717, 1.165) is 27.8 Å². The van der Waals surface area contributed by atoms with Gasteiger partial charge in [0.1, 0.15) is 59.0 Å². The maximum absolute atomic E-state index is 14.2. The van der Waals surface area contributed by atoms with Crippen LogP contribution in [0.4, 0.5) is 0 Å². The second kappa shape index (κ2) is 32.4. The molecule has 0 saturated heterocycles. The molecule has 1 atom stereocenters. The predicted molar refractivity (Wildman–Crippen MR) is 416 cm³/mol. The molecular formula is C87H88O17PS2+. The minimum atomic E-state index is -4.20. The standard InChI is InChI=1S/C87H88O17PS2/c1-55-14-32-71(33-15-55)106(92,93)73-36-28-68(29-37-73)103-77-40-22-64(86(3,4)62-18-24-66(96-7)25-19-62)44-58(77)48-75-76(53-91)84(82(102-13)49-79(75)99-10)105(83-59(51-89)46-70(98-9)47-60(83)52-90,85-80(100-11)42-57(50-88)43-81(85)101-12)54-61-45-65(87(5,6)63-20-26-67(97-8)27-21-63)23-41-78(61)104-69-30-38-74(39-31-69)107(94,95)72-34-16-56(2)17-35-72/h14-21,23-39,41-47,49,88-91H,48,50-54H2,1-13H3/q+1. The van der Waals surface area contributed by atoms with E-state index in [4.69, 9.17) is 42.6 Å². The summed E-state index contributed by atoms with van der Waals surface area (Å²) in [7, 11) is -1.43. The quantitative estimate of drug-likeness (QED) is 0.0242. The average Bonchev–Trinajstić information content (AvgIpc) is 0.699. The molecule has 1 unspecified atom stereocenters. The van der Waals surface area contributed by atoms with Crippen molar-refractivity contribution in [3.05, 3.63) is 290 Å². The number of hydrogen-bond donors (Lipinski definition) is 4. The number of benzene rings is 10. The fraction of sp³-hybridized carbons (Fsp3) is 0.241. The Morgan fingerprint density at radius 3 is 1.24 bits per heavy atom. The largest absolute Gasteiger partial charge is 0.497 e. The molecule has 0 bridgehead atoms. The van der Waals surface area contributed by atoms with Crippen LogP contribution < -0.4 is 58.5 Å². The van der Waals surface area contributed by atoms with Crippen LogP contribution in [0.5, 0.6) is 57.5 Å². The smallest absolute Gasteiger partial charge is 0.206 e. The molecule has 0 aromatic heterocycles. The van der Waals surface area contributed by atoms with E-state index in [1.165, 1.54) is 59.8 Å². The van der Waals surface area contributed by atoms with Crippen molar-refractivity contribution in [1.82, 2.24) is 0 Å². The van der Waals surface area contributed by atoms with E-state index in [1.807, 2.05) is 86.7 Å². The van der Waals surface area contributed by atoms with Crippen LogP contribution >= 0.6 is 7.26 Å². The summed E-state index contributed by atoms with van der Waals surface area (Å²) in [6.07, 6.45) is 1.76. The van der Waals surface area contributed by atoms with E-state index >= 15 is 0 Å². The van der Waals surface area contributed by atoms with Crippen molar-refractivity contribution in [1.29, 1.82) is 0 Å². The molecule has 1 aliphatic carbocycles. The second-order valence-corrected chi connectivity index (χ2v) is 34.2. The molecule has 107 heavy (non-hydrogen) atoms. The molecule has 20 heteroatoms. The van der Waals surface area contributed by atoms with Crippen molar-refractivity contribution in [2.24, 2.45) is 0 Å². The van der Waals surface area contributed by atoms with Gasteiger partial charge in [0.25, 0.3) is 0 Å². The van der Waals surface area contributed by atoms with Crippen LogP contribution in [0.15, 0.2) is 248 Å². The van der Waals surface area contributed by atoms with E-state index in [1.54, 1.807) is 117 Å². The molecular weight excluding hydrogens is 1410 g/mol. The fourth-order valence-corrected chi connectivity index (χ4v) is 21.7. The Morgan fingerprint density at radius 2 is 0.804 bits per heavy atom. The van der Waals surface area contributed by atoms with Crippen LogP contribution in [0.3, 0.4) is 0 Å². The third kappa shape index (κ3) is 15.5. The first-order chi connectivity index (χ1) is 51.3. The van der Waals surface area contributed by atoms with Gasteiger partial charge in [0, 0.05) is 62.3 Å². The van der Waals surface area contributed by atoms with Gasteiger partial charge in [-0.05, 0) is 181 Å². The van der Waals surface area contributed by atoms with Crippen LogP contribution in [-0.4, -0.2) is 87.0 Å². The maximum atomic E-state index is 14.2. The second-order valence-electron chi connectivity index (χ2n) is 27.0. The van der Waals surface area contributed by atoms with Crippen LogP contribution in [0.2, 0.25) is 0 Å². The Bertz CT molecular complexity index is 5200. The molecule has 0 amide bonds. The molecule has 17 nitrogen and oxygen atoms in total. The fourth-order valence-electron chi connectivity index (χ4n) is 13.7. The first-order valence-electron chi connectivity index (χ1n) is 34.4. The molecule has 0 spiro atoms. The molecule has 11 rings (SSSR count).